The third-order valence-corrected chi connectivity index (χ3v) is 15.6. The Balaban J connectivity index is 4.40. The molecule has 0 heterocycles. The SMILES string of the molecule is CCCCCCC/C=C\C/C=C\C/C=C\CCCCCCCCCCC(=O)OCC(COC(=O)CCCCCCCCC/C=C\CCCCCCCCC)OC(=O)CCCCCCCCCC/C=C\C/C=C\C/C=C\CCCCCCC. The van der Waals surface area contributed by atoms with Crippen LogP contribution in [0.3, 0.4) is 0 Å². The highest BCUT2D eigenvalue weighted by Crippen LogP contribution is 2.17. The first-order valence-corrected chi connectivity index (χ1v) is 35.6. The fourth-order valence-electron chi connectivity index (χ4n) is 10.2. The Kier molecular flexibility index (Phi) is 67.2. The molecule has 0 fully saturated rings. The highest BCUT2D eigenvalue weighted by Gasteiger charge is 2.19. The fourth-order valence-corrected chi connectivity index (χ4v) is 10.2. The second-order valence-corrected chi connectivity index (χ2v) is 23.8. The molecule has 0 aromatic heterocycles. The van der Waals surface area contributed by atoms with Gasteiger partial charge in [-0.1, -0.05) is 305 Å². The maximum atomic E-state index is 13.0. The van der Waals surface area contributed by atoms with Crippen molar-refractivity contribution in [3.05, 3.63) is 85.1 Å². The summed E-state index contributed by atoms with van der Waals surface area (Å²) >= 11 is 0. The van der Waals surface area contributed by atoms with Crippen LogP contribution in [-0.4, -0.2) is 37.2 Å². The molecule has 0 spiro atoms. The van der Waals surface area contributed by atoms with E-state index in [-0.39, 0.29) is 31.1 Å². The van der Waals surface area contributed by atoms with Gasteiger partial charge in [0.25, 0.3) is 0 Å². The van der Waals surface area contributed by atoms with Crippen LogP contribution in [0.2, 0.25) is 0 Å². The van der Waals surface area contributed by atoms with Crippen LogP contribution in [0, 0.1) is 0 Å². The Hall–Kier alpha value is -3.41. The molecule has 0 aliphatic heterocycles. The standard InChI is InChI=1S/C76H134O6/c1-4-7-10-13-16-19-22-25-28-31-34-36-38-40-42-45-48-51-54-57-60-63-66-69-75(78)81-72-73(71-80-74(77)68-65-62-59-56-53-50-47-44-33-30-27-24-21-18-15-12-9-6-3)82-76(79)70-67-64-61-58-55-52-49-46-43-41-39-37-35-32-29-26-23-20-17-14-11-8-5-2/h22-23,25-26,30-35,38-41,73H,4-21,24,27-29,36-37,42-72H2,1-3H3/b25-22-,26-23-,33-30-,34-31-,35-32-,40-38-,41-39-. The predicted molar refractivity (Wildman–Crippen MR) is 358 cm³/mol. The first-order valence-electron chi connectivity index (χ1n) is 35.6. The summed E-state index contributed by atoms with van der Waals surface area (Å²) in [6.07, 6.45) is 93.1. The van der Waals surface area contributed by atoms with E-state index >= 15 is 0 Å². The lowest BCUT2D eigenvalue weighted by molar-refractivity contribution is -0.167. The van der Waals surface area contributed by atoms with Gasteiger partial charge in [0.1, 0.15) is 13.2 Å². The van der Waals surface area contributed by atoms with Crippen LogP contribution in [-0.2, 0) is 28.6 Å². The zero-order valence-corrected chi connectivity index (χ0v) is 54.5. The van der Waals surface area contributed by atoms with Gasteiger partial charge in [0.05, 0.1) is 0 Å². The van der Waals surface area contributed by atoms with Crippen molar-refractivity contribution >= 4 is 17.9 Å². The minimum absolute atomic E-state index is 0.0829. The maximum absolute atomic E-state index is 13.0. The highest BCUT2D eigenvalue weighted by molar-refractivity contribution is 5.71. The van der Waals surface area contributed by atoms with Crippen LogP contribution in [0.25, 0.3) is 0 Å². The van der Waals surface area contributed by atoms with Gasteiger partial charge < -0.3 is 14.2 Å². The molecule has 0 saturated heterocycles. The Morgan fingerprint density at radius 3 is 0.695 bits per heavy atom. The van der Waals surface area contributed by atoms with Crippen LogP contribution < -0.4 is 0 Å². The first-order chi connectivity index (χ1) is 40.5. The van der Waals surface area contributed by atoms with Gasteiger partial charge in [-0.15, -0.1) is 0 Å². The van der Waals surface area contributed by atoms with Crippen molar-refractivity contribution in [3.8, 4) is 0 Å². The summed E-state index contributed by atoms with van der Waals surface area (Å²) in [5.74, 6) is -0.884. The van der Waals surface area contributed by atoms with Crippen molar-refractivity contribution in [2.45, 2.75) is 367 Å². The van der Waals surface area contributed by atoms with Gasteiger partial charge in [-0.3, -0.25) is 14.4 Å². The fraction of sp³-hybridized carbons (Fsp3) is 0.776. The second kappa shape index (κ2) is 70.1. The van der Waals surface area contributed by atoms with Gasteiger partial charge in [-0.25, -0.2) is 0 Å². The number of hydrogen-bond donors (Lipinski definition) is 0. The Morgan fingerprint density at radius 2 is 0.439 bits per heavy atom. The van der Waals surface area contributed by atoms with Crippen LogP contribution in [0.1, 0.15) is 361 Å². The normalized spacial score (nSPS) is 12.6. The molecule has 0 amide bonds. The summed E-state index contributed by atoms with van der Waals surface area (Å²) in [5.41, 5.74) is 0. The number of hydrogen-bond acceptors (Lipinski definition) is 6. The highest BCUT2D eigenvalue weighted by atomic mass is 16.6. The zero-order valence-electron chi connectivity index (χ0n) is 54.5. The van der Waals surface area contributed by atoms with Crippen LogP contribution >= 0.6 is 0 Å². The van der Waals surface area contributed by atoms with E-state index < -0.39 is 6.10 Å². The molecule has 0 bridgehead atoms. The predicted octanol–water partition coefficient (Wildman–Crippen LogP) is 24.6. The molecule has 0 aromatic rings. The third-order valence-electron chi connectivity index (χ3n) is 15.6. The van der Waals surface area contributed by atoms with Crippen molar-refractivity contribution in [3.63, 3.8) is 0 Å². The molecular formula is C76H134O6. The summed E-state index contributed by atoms with van der Waals surface area (Å²) in [7, 11) is 0. The molecule has 474 valence electrons. The Morgan fingerprint density at radius 1 is 0.244 bits per heavy atom. The zero-order chi connectivity index (χ0) is 59.2. The number of allylic oxidation sites excluding steroid dienone is 14. The number of ether oxygens (including phenoxy) is 3. The number of carbonyl (C=O) groups is 3. The largest absolute Gasteiger partial charge is 0.462 e. The molecule has 1 atom stereocenters. The molecule has 0 N–H and O–H groups in total. The molecule has 0 radical (unpaired) electrons. The van der Waals surface area contributed by atoms with Gasteiger partial charge >= 0.3 is 17.9 Å². The molecule has 0 saturated carbocycles. The van der Waals surface area contributed by atoms with E-state index in [1.54, 1.807) is 0 Å². The summed E-state index contributed by atoms with van der Waals surface area (Å²) in [6.45, 7) is 6.65. The van der Waals surface area contributed by atoms with Crippen LogP contribution in [0.15, 0.2) is 85.1 Å². The first kappa shape index (κ1) is 78.6. The summed E-state index contributed by atoms with van der Waals surface area (Å²) in [6, 6.07) is 0. The van der Waals surface area contributed by atoms with E-state index in [0.29, 0.717) is 19.3 Å². The molecule has 1 unspecified atom stereocenters. The average molecular weight is 1140 g/mol. The molecule has 0 aliphatic carbocycles. The van der Waals surface area contributed by atoms with E-state index in [1.807, 2.05) is 0 Å². The number of carbonyl (C=O) groups excluding carboxylic acids is 3. The summed E-state index contributed by atoms with van der Waals surface area (Å²) < 4.78 is 17.0. The molecule has 6 heteroatoms. The van der Waals surface area contributed by atoms with Gasteiger partial charge in [0.15, 0.2) is 6.10 Å². The van der Waals surface area contributed by atoms with E-state index in [1.165, 1.54) is 225 Å². The van der Waals surface area contributed by atoms with Gasteiger partial charge in [0.2, 0.25) is 0 Å². The average Bonchev–Trinajstić information content (AvgIpc) is 3.47. The van der Waals surface area contributed by atoms with E-state index in [4.69, 9.17) is 14.2 Å². The minimum Gasteiger partial charge on any atom is -0.462 e. The topological polar surface area (TPSA) is 78.9 Å². The lowest BCUT2D eigenvalue weighted by Gasteiger charge is -2.18. The van der Waals surface area contributed by atoms with Crippen molar-refractivity contribution in [1.82, 2.24) is 0 Å². The smallest absolute Gasteiger partial charge is 0.306 e. The molecule has 0 rings (SSSR count). The van der Waals surface area contributed by atoms with Gasteiger partial charge in [0, 0.05) is 19.3 Å². The summed E-state index contributed by atoms with van der Waals surface area (Å²) in [5, 5.41) is 0. The van der Waals surface area contributed by atoms with E-state index in [9.17, 15) is 14.4 Å². The molecule has 82 heavy (non-hydrogen) atoms. The van der Waals surface area contributed by atoms with Crippen molar-refractivity contribution in [2.75, 3.05) is 13.2 Å². The second-order valence-electron chi connectivity index (χ2n) is 23.8. The lowest BCUT2D eigenvalue weighted by atomic mass is 10.1. The molecule has 6 nitrogen and oxygen atoms in total. The lowest BCUT2D eigenvalue weighted by Crippen LogP contribution is -2.30. The van der Waals surface area contributed by atoms with E-state index in [0.717, 1.165) is 96.3 Å². The summed E-state index contributed by atoms with van der Waals surface area (Å²) in [4.78, 5) is 38.5. The van der Waals surface area contributed by atoms with Crippen LogP contribution in [0.4, 0.5) is 0 Å². The molecular weight excluding hydrogens is 1010 g/mol. The number of esters is 3. The Labute approximate surface area is 509 Å². The molecule has 0 aromatic carbocycles. The minimum atomic E-state index is -0.789. The number of unbranched alkanes of at least 4 members (excludes halogenated alkanes) is 40. The maximum Gasteiger partial charge on any atom is 0.306 e. The van der Waals surface area contributed by atoms with Crippen molar-refractivity contribution in [1.29, 1.82) is 0 Å². The monoisotopic (exact) mass is 1140 g/mol. The number of rotatable bonds is 65. The van der Waals surface area contributed by atoms with Crippen LogP contribution in [0.5, 0.6) is 0 Å². The van der Waals surface area contributed by atoms with Gasteiger partial charge in [-0.05, 0) is 122 Å². The molecule has 0 aliphatic rings. The third kappa shape index (κ3) is 67.4. The van der Waals surface area contributed by atoms with Gasteiger partial charge in [-0.2, -0.15) is 0 Å². The van der Waals surface area contributed by atoms with Crippen molar-refractivity contribution < 1.29 is 28.6 Å². The Bertz CT molecular complexity index is 1550. The van der Waals surface area contributed by atoms with E-state index in [2.05, 4.69) is 106 Å². The van der Waals surface area contributed by atoms with Crippen molar-refractivity contribution in [2.24, 2.45) is 0 Å². The quantitative estimate of drug-likeness (QED) is 0.0261.